The van der Waals surface area contributed by atoms with Crippen molar-refractivity contribution in [1.82, 2.24) is 0 Å². The van der Waals surface area contributed by atoms with E-state index in [2.05, 4.69) is 15.9 Å². The second kappa shape index (κ2) is 3.80. The van der Waals surface area contributed by atoms with E-state index in [1.54, 1.807) is 0 Å². The van der Waals surface area contributed by atoms with Crippen LogP contribution in [-0.4, -0.2) is 4.92 Å². The number of benzene rings is 1. The van der Waals surface area contributed by atoms with E-state index < -0.39 is 10.7 Å². The van der Waals surface area contributed by atoms with E-state index in [9.17, 15) is 14.5 Å². The summed E-state index contributed by atoms with van der Waals surface area (Å²) in [5.41, 5.74) is 5.27. The maximum Gasteiger partial charge on any atom is 0.276 e. The first kappa shape index (κ1) is 10.1. The molecule has 0 fully saturated rings. The number of hydrogen-bond acceptors (Lipinski definition) is 3. The highest BCUT2D eigenvalue weighted by molar-refractivity contribution is 9.10. The molecule has 0 radical (unpaired) electrons. The first-order chi connectivity index (χ1) is 6.06. The van der Waals surface area contributed by atoms with Crippen LogP contribution in [0.1, 0.15) is 5.56 Å². The minimum atomic E-state index is -0.663. The Labute approximate surface area is 81.8 Å². The van der Waals surface area contributed by atoms with E-state index in [4.69, 9.17) is 5.73 Å². The molecule has 0 aromatic heterocycles. The van der Waals surface area contributed by atoms with Gasteiger partial charge < -0.3 is 5.73 Å². The van der Waals surface area contributed by atoms with Crippen molar-refractivity contribution in [3.8, 4) is 0 Å². The van der Waals surface area contributed by atoms with Crippen LogP contribution in [0.25, 0.3) is 0 Å². The van der Waals surface area contributed by atoms with E-state index in [1.807, 2.05) is 0 Å². The van der Waals surface area contributed by atoms with Crippen molar-refractivity contribution in [2.24, 2.45) is 5.73 Å². The summed E-state index contributed by atoms with van der Waals surface area (Å²) in [5.74, 6) is -0.663. The summed E-state index contributed by atoms with van der Waals surface area (Å²) in [4.78, 5) is 9.76. The molecule has 1 aromatic carbocycles. The molecule has 1 aromatic rings. The molecule has 0 aliphatic carbocycles. The number of nitrogens with zero attached hydrogens (tertiary/aromatic N) is 1. The van der Waals surface area contributed by atoms with E-state index in [0.717, 1.165) is 6.07 Å². The Balaban J connectivity index is 3.33. The quantitative estimate of drug-likeness (QED) is 0.643. The lowest BCUT2D eigenvalue weighted by molar-refractivity contribution is -0.385. The molecule has 0 atom stereocenters. The largest absolute Gasteiger partial charge is 0.326 e. The molecule has 6 heteroatoms. The highest BCUT2D eigenvalue weighted by Gasteiger charge is 2.15. The third-order valence-electron chi connectivity index (χ3n) is 1.54. The second-order valence-corrected chi connectivity index (χ2v) is 3.21. The van der Waals surface area contributed by atoms with Gasteiger partial charge in [-0.15, -0.1) is 0 Å². The van der Waals surface area contributed by atoms with Gasteiger partial charge in [0.15, 0.2) is 0 Å². The Morgan fingerprint density at radius 3 is 2.69 bits per heavy atom. The number of halogens is 2. The van der Waals surface area contributed by atoms with Crippen molar-refractivity contribution in [2.75, 3.05) is 0 Å². The zero-order valence-electron chi connectivity index (χ0n) is 6.46. The predicted molar refractivity (Wildman–Crippen MR) is 48.6 cm³/mol. The number of nitro groups is 1. The molecule has 13 heavy (non-hydrogen) atoms. The first-order valence-electron chi connectivity index (χ1n) is 3.38. The van der Waals surface area contributed by atoms with Gasteiger partial charge in [0.25, 0.3) is 5.69 Å². The van der Waals surface area contributed by atoms with Crippen LogP contribution in [-0.2, 0) is 6.54 Å². The Morgan fingerprint density at radius 2 is 2.23 bits per heavy atom. The third-order valence-corrected chi connectivity index (χ3v) is 2.15. The summed E-state index contributed by atoms with van der Waals surface area (Å²) in [5, 5.41) is 10.4. The fourth-order valence-corrected chi connectivity index (χ4v) is 1.30. The molecule has 0 aliphatic rings. The van der Waals surface area contributed by atoms with Crippen molar-refractivity contribution in [3.05, 3.63) is 38.1 Å². The van der Waals surface area contributed by atoms with Gasteiger partial charge in [0.05, 0.1) is 15.5 Å². The SMILES string of the molecule is NCc1cc(Br)c(F)cc1[N+](=O)[O-]. The van der Waals surface area contributed by atoms with Crippen molar-refractivity contribution < 1.29 is 9.31 Å². The average Bonchev–Trinajstić information content (AvgIpc) is 2.08. The first-order valence-corrected chi connectivity index (χ1v) is 4.18. The summed E-state index contributed by atoms with van der Waals surface area (Å²) >= 11 is 2.92. The van der Waals surface area contributed by atoms with E-state index in [0.29, 0.717) is 5.56 Å². The van der Waals surface area contributed by atoms with Gasteiger partial charge in [0.2, 0.25) is 0 Å². The maximum atomic E-state index is 12.9. The van der Waals surface area contributed by atoms with E-state index in [-0.39, 0.29) is 16.7 Å². The van der Waals surface area contributed by atoms with Crippen LogP contribution in [0, 0.1) is 15.9 Å². The number of nitro benzene ring substituents is 1. The molecule has 4 nitrogen and oxygen atoms in total. The predicted octanol–water partition coefficient (Wildman–Crippen LogP) is 1.96. The van der Waals surface area contributed by atoms with Gasteiger partial charge >= 0.3 is 0 Å². The normalized spacial score (nSPS) is 10.1. The van der Waals surface area contributed by atoms with Crippen LogP contribution in [0.4, 0.5) is 10.1 Å². The molecule has 0 heterocycles. The summed E-state index contributed by atoms with van der Waals surface area (Å²) in [6, 6.07) is 2.17. The number of hydrogen-bond donors (Lipinski definition) is 1. The van der Waals surface area contributed by atoms with Crippen LogP contribution in [0.15, 0.2) is 16.6 Å². The van der Waals surface area contributed by atoms with Gasteiger partial charge in [-0.3, -0.25) is 10.1 Å². The summed E-state index contributed by atoms with van der Waals surface area (Å²) < 4.78 is 13.0. The van der Waals surface area contributed by atoms with Crippen LogP contribution >= 0.6 is 15.9 Å². The topological polar surface area (TPSA) is 69.2 Å². The molecule has 0 bridgehead atoms. The lowest BCUT2D eigenvalue weighted by Gasteiger charge is -2.01. The zero-order chi connectivity index (χ0) is 10.0. The van der Waals surface area contributed by atoms with Crippen LogP contribution in [0.5, 0.6) is 0 Å². The van der Waals surface area contributed by atoms with Crippen molar-refractivity contribution in [1.29, 1.82) is 0 Å². The molecule has 70 valence electrons. The van der Waals surface area contributed by atoms with Crippen molar-refractivity contribution in [3.63, 3.8) is 0 Å². The molecule has 0 unspecified atom stereocenters. The molecule has 0 saturated heterocycles. The smallest absolute Gasteiger partial charge is 0.276 e. The molecule has 1 rings (SSSR count). The monoisotopic (exact) mass is 248 g/mol. The van der Waals surface area contributed by atoms with Crippen LogP contribution in [0.2, 0.25) is 0 Å². The Kier molecular flexibility index (Phi) is 2.94. The van der Waals surface area contributed by atoms with E-state index >= 15 is 0 Å². The third kappa shape index (κ3) is 2.02. The molecule has 0 aliphatic heterocycles. The Bertz CT molecular complexity index is 357. The fraction of sp³-hybridized carbons (Fsp3) is 0.143. The highest BCUT2D eigenvalue weighted by atomic mass is 79.9. The van der Waals surface area contributed by atoms with Crippen LogP contribution in [0.3, 0.4) is 0 Å². The van der Waals surface area contributed by atoms with Crippen LogP contribution < -0.4 is 5.73 Å². The van der Waals surface area contributed by atoms with Gasteiger partial charge in [-0.05, 0) is 22.0 Å². The molecule has 0 spiro atoms. The van der Waals surface area contributed by atoms with Crippen molar-refractivity contribution in [2.45, 2.75) is 6.54 Å². The van der Waals surface area contributed by atoms with Gasteiger partial charge in [-0.2, -0.15) is 0 Å². The lowest BCUT2D eigenvalue weighted by atomic mass is 10.2. The fourth-order valence-electron chi connectivity index (χ4n) is 0.911. The summed E-state index contributed by atoms with van der Waals surface area (Å²) in [6.45, 7) is 0.00912. The molecular weight excluding hydrogens is 243 g/mol. The minimum absolute atomic E-state index is 0.00912. The Hall–Kier alpha value is -1.01. The maximum absolute atomic E-state index is 12.9. The molecule has 0 saturated carbocycles. The van der Waals surface area contributed by atoms with Gasteiger partial charge in [-0.1, -0.05) is 0 Å². The molecule has 0 amide bonds. The summed E-state index contributed by atoms with van der Waals surface area (Å²) in [6.07, 6.45) is 0. The van der Waals surface area contributed by atoms with Gasteiger partial charge in [0.1, 0.15) is 5.82 Å². The summed E-state index contributed by atoms with van der Waals surface area (Å²) in [7, 11) is 0. The molecular formula is C7H6BrFN2O2. The average molecular weight is 249 g/mol. The number of rotatable bonds is 2. The minimum Gasteiger partial charge on any atom is -0.326 e. The highest BCUT2D eigenvalue weighted by Crippen LogP contribution is 2.25. The van der Waals surface area contributed by atoms with Crippen molar-refractivity contribution >= 4 is 21.6 Å². The van der Waals surface area contributed by atoms with Gasteiger partial charge in [-0.25, -0.2) is 4.39 Å². The second-order valence-electron chi connectivity index (χ2n) is 2.36. The molecule has 2 N–H and O–H groups in total. The van der Waals surface area contributed by atoms with E-state index in [1.165, 1.54) is 6.07 Å². The van der Waals surface area contributed by atoms with Gasteiger partial charge in [0, 0.05) is 12.1 Å². The standard InChI is InChI=1S/C7H6BrFN2O2/c8-5-1-4(3-10)7(11(12)13)2-6(5)9/h1-2H,3,10H2. The zero-order valence-corrected chi connectivity index (χ0v) is 8.04. The lowest BCUT2D eigenvalue weighted by Crippen LogP contribution is -2.02. The number of nitrogens with two attached hydrogens (primary N) is 1. The Morgan fingerprint density at radius 1 is 1.62 bits per heavy atom.